The zero-order chi connectivity index (χ0) is 35.6. The van der Waals surface area contributed by atoms with Crippen molar-refractivity contribution < 1.29 is 8.83 Å². The van der Waals surface area contributed by atoms with Gasteiger partial charge in [0.15, 0.2) is 0 Å². The van der Waals surface area contributed by atoms with Gasteiger partial charge in [0, 0.05) is 50.4 Å². The van der Waals surface area contributed by atoms with Crippen molar-refractivity contribution in [3.05, 3.63) is 182 Å². The predicted octanol–water partition coefficient (Wildman–Crippen LogP) is 14.6. The highest BCUT2D eigenvalue weighted by molar-refractivity contribution is 7.21. The fourth-order valence-electron chi connectivity index (χ4n) is 7.75. The normalized spacial score (nSPS) is 11.7. The Morgan fingerprint density at radius 3 is 1.96 bits per heavy atom. The fraction of sp³-hybridized carbons (Fsp3) is 0. The van der Waals surface area contributed by atoms with Crippen LogP contribution >= 0.6 is 11.3 Å². The third-order valence-electron chi connectivity index (χ3n) is 10.3. The Morgan fingerprint density at radius 1 is 0.426 bits per heavy atom. The number of hydrogen-bond donors (Lipinski definition) is 0. The van der Waals surface area contributed by atoms with Gasteiger partial charge < -0.3 is 13.7 Å². The van der Waals surface area contributed by atoms with Gasteiger partial charge in [-0.15, -0.1) is 11.3 Å². The van der Waals surface area contributed by atoms with Crippen LogP contribution in [0.3, 0.4) is 0 Å². The maximum atomic E-state index is 6.61. The maximum Gasteiger partial charge on any atom is 0.143 e. The summed E-state index contributed by atoms with van der Waals surface area (Å²) >= 11 is 1.71. The van der Waals surface area contributed by atoms with Gasteiger partial charge in [-0.2, -0.15) is 0 Å². The number of aromatic nitrogens is 1. The molecule has 0 fully saturated rings. The van der Waals surface area contributed by atoms with Crippen LogP contribution in [0.1, 0.15) is 0 Å². The molecule has 5 heteroatoms. The Bertz CT molecular complexity index is 3160. The van der Waals surface area contributed by atoms with Gasteiger partial charge in [0.2, 0.25) is 0 Å². The molecule has 11 rings (SSSR count). The van der Waals surface area contributed by atoms with E-state index in [4.69, 9.17) is 13.8 Å². The lowest BCUT2D eigenvalue weighted by atomic mass is 10.0. The van der Waals surface area contributed by atoms with Crippen molar-refractivity contribution in [1.82, 2.24) is 4.98 Å². The minimum atomic E-state index is 0.818. The molecule has 0 spiro atoms. The van der Waals surface area contributed by atoms with Crippen molar-refractivity contribution in [2.75, 3.05) is 4.90 Å². The Morgan fingerprint density at radius 2 is 1.11 bits per heavy atom. The van der Waals surface area contributed by atoms with E-state index < -0.39 is 0 Å². The van der Waals surface area contributed by atoms with Gasteiger partial charge in [0.1, 0.15) is 27.3 Å². The van der Waals surface area contributed by atoms with Gasteiger partial charge in [0.25, 0.3) is 0 Å². The summed E-state index contributed by atoms with van der Waals surface area (Å²) in [4.78, 5) is 7.43. The minimum Gasteiger partial charge on any atom is -0.456 e. The summed E-state index contributed by atoms with van der Waals surface area (Å²) in [7, 11) is 0. The van der Waals surface area contributed by atoms with Crippen LogP contribution in [-0.2, 0) is 0 Å². The second kappa shape index (κ2) is 12.3. The number of benzene rings is 8. The topological polar surface area (TPSA) is 42.4 Å². The van der Waals surface area contributed by atoms with Crippen molar-refractivity contribution in [2.24, 2.45) is 0 Å². The van der Waals surface area contributed by atoms with Crippen molar-refractivity contribution in [1.29, 1.82) is 0 Å². The molecule has 4 nitrogen and oxygen atoms in total. The summed E-state index contributed by atoms with van der Waals surface area (Å²) in [6, 6.07) is 63.7. The lowest BCUT2D eigenvalue weighted by Gasteiger charge is -2.26. The summed E-state index contributed by atoms with van der Waals surface area (Å²) < 4.78 is 14.2. The van der Waals surface area contributed by atoms with Crippen molar-refractivity contribution in [3.8, 4) is 32.8 Å². The molecule has 0 aliphatic heterocycles. The first-order valence-electron chi connectivity index (χ1n) is 18.0. The summed E-state index contributed by atoms with van der Waals surface area (Å²) in [5, 5.41) is 5.34. The van der Waals surface area contributed by atoms with Crippen LogP contribution in [0, 0.1) is 0 Å². The number of para-hydroxylation sites is 2. The van der Waals surface area contributed by atoms with E-state index in [1.54, 1.807) is 11.3 Å². The number of thiazole rings is 1. The molecule has 54 heavy (non-hydrogen) atoms. The zero-order valence-corrected chi connectivity index (χ0v) is 29.8. The van der Waals surface area contributed by atoms with Crippen LogP contribution in [0.15, 0.2) is 191 Å². The first kappa shape index (κ1) is 30.7. The second-order valence-corrected chi connectivity index (χ2v) is 14.6. The summed E-state index contributed by atoms with van der Waals surface area (Å²) in [5.74, 6) is 0. The molecule has 0 aliphatic carbocycles. The molecule has 0 atom stereocenters. The highest BCUT2D eigenvalue weighted by atomic mass is 32.1. The molecule has 0 saturated carbocycles. The van der Waals surface area contributed by atoms with Crippen molar-refractivity contribution in [2.45, 2.75) is 0 Å². The van der Waals surface area contributed by atoms with E-state index >= 15 is 0 Å². The lowest BCUT2D eigenvalue weighted by Crippen LogP contribution is -2.10. The molecule has 8 aromatic carbocycles. The summed E-state index contributed by atoms with van der Waals surface area (Å²) in [6.45, 7) is 0. The largest absolute Gasteiger partial charge is 0.456 e. The quantitative estimate of drug-likeness (QED) is 0.172. The minimum absolute atomic E-state index is 0.818. The van der Waals surface area contributed by atoms with Gasteiger partial charge in [0.05, 0.1) is 15.6 Å². The standard InChI is InChI=1S/C49H30N2O2S/c1-3-11-31(12-4-1)32-21-23-35(24-22-32)51(36-16-9-15-34(29-36)38-18-10-19-40-39-17-7-8-20-42(39)53-48(38)40)37-25-26-41-44(30-37)52-43-27-28-45-47(46(41)43)50-49(54-45)33-13-5-2-6-14-33/h1-30H. The molecular weight excluding hydrogens is 681 g/mol. The average molecular weight is 711 g/mol. The zero-order valence-electron chi connectivity index (χ0n) is 28.9. The lowest BCUT2D eigenvalue weighted by molar-refractivity contribution is 0.669. The molecule has 0 saturated heterocycles. The van der Waals surface area contributed by atoms with Gasteiger partial charge in [-0.1, -0.05) is 121 Å². The van der Waals surface area contributed by atoms with E-state index in [-0.39, 0.29) is 0 Å². The summed E-state index contributed by atoms with van der Waals surface area (Å²) in [5.41, 5.74) is 13.1. The number of anilines is 3. The van der Waals surface area contributed by atoms with Crippen molar-refractivity contribution in [3.63, 3.8) is 0 Å². The number of rotatable bonds is 6. The molecule has 0 unspecified atom stereocenters. The van der Waals surface area contributed by atoms with E-state index in [1.807, 2.05) is 24.3 Å². The van der Waals surface area contributed by atoms with E-state index in [0.29, 0.717) is 0 Å². The van der Waals surface area contributed by atoms with Crippen LogP contribution in [0.4, 0.5) is 17.1 Å². The van der Waals surface area contributed by atoms with Gasteiger partial charge in [-0.3, -0.25) is 0 Å². The third kappa shape index (κ3) is 5.01. The number of furan rings is 2. The number of hydrogen-bond acceptors (Lipinski definition) is 5. The Kier molecular flexibility index (Phi) is 7.00. The molecule has 254 valence electrons. The first-order valence-corrected chi connectivity index (χ1v) is 18.8. The molecule has 0 amide bonds. The monoisotopic (exact) mass is 710 g/mol. The summed E-state index contributed by atoms with van der Waals surface area (Å²) in [6.07, 6.45) is 0. The fourth-order valence-corrected chi connectivity index (χ4v) is 8.73. The first-order chi connectivity index (χ1) is 26.7. The maximum absolute atomic E-state index is 6.61. The number of fused-ring (bicyclic) bond motifs is 8. The second-order valence-electron chi connectivity index (χ2n) is 13.5. The van der Waals surface area contributed by atoms with Crippen molar-refractivity contribution >= 4 is 82.5 Å². The molecule has 11 aromatic rings. The molecular formula is C49H30N2O2S. The Labute approximate surface area is 314 Å². The van der Waals surface area contributed by atoms with Gasteiger partial charge in [-0.25, -0.2) is 4.98 Å². The van der Waals surface area contributed by atoms with E-state index in [0.717, 1.165) is 92.9 Å². The highest BCUT2D eigenvalue weighted by Gasteiger charge is 2.20. The van der Waals surface area contributed by atoms with Crippen LogP contribution < -0.4 is 4.90 Å². The Hall–Kier alpha value is -6.95. The molecule has 3 heterocycles. The highest BCUT2D eigenvalue weighted by Crippen LogP contribution is 2.44. The van der Waals surface area contributed by atoms with Gasteiger partial charge in [-0.05, 0) is 71.3 Å². The SMILES string of the molecule is c1ccc(-c2ccc(N(c3cccc(-c4cccc5c4oc4ccccc45)c3)c3ccc4c(c3)oc3ccc5sc(-c6ccccc6)nc5c34)cc2)cc1. The molecule has 0 bridgehead atoms. The average Bonchev–Trinajstić information content (AvgIpc) is 3.95. The predicted molar refractivity (Wildman–Crippen MR) is 225 cm³/mol. The van der Waals surface area contributed by atoms with E-state index in [1.165, 1.54) is 11.1 Å². The molecule has 0 aliphatic rings. The van der Waals surface area contributed by atoms with Crippen LogP contribution in [0.25, 0.3) is 86.9 Å². The van der Waals surface area contributed by atoms with E-state index in [9.17, 15) is 0 Å². The van der Waals surface area contributed by atoms with Crippen LogP contribution in [-0.4, -0.2) is 4.98 Å². The molecule has 0 radical (unpaired) electrons. The number of nitrogens with zero attached hydrogens (tertiary/aromatic N) is 2. The van der Waals surface area contributed by atoms with E-state index in [2.05, 4.69) is 163 Å². The van der Waals surface area contributed by atoms with Gasteiger partial charge >= 0.3 is 0 Å². The van der Waals surface area contributed by atoms with Crippen LogP contribution in [0.2, 0.25) is 0 Å². The Balaban J connectivity index is 1.07. The smallest absolute Gasteiger partial charge is 0.143 e. The molecule has 3 aromatic heterocycles. The van der Waals surface area contributed by atoms with Crippen LogP contribution in [0.5, 0.6) is 0 Å². The molecule has 0 N–H and O–H groups in total. The third-order valence-corrected chi connectivity index (χ3v) is 11.4.